The van der Waals surface area contributed by atoms with Crippen LogP contribution in [0.2, 0.25) is 0 Å². The molecule has 124 valence electrons. The SMILES string of the molecule is CC(CC(=O)NC1CCNC1)N=C1NS(=O)(=O)c2ccccc21. The zero-order chi connectivity index (χ0) is 16.4. The van der Waals surface area contributed by atoms with E-state index in [1.54, 1.807) is 31.2 Å². The second kappa shape index (κ2) is 6.29. The third-order valence-corrected chi connectivity index (χ3v) is 5.32. The number of rotatable bonds is 4. The Kier molecular flexibility index (Phi) is 4.36. The van der Waals surface area contributed by atoms with Gasteiger partial charge in [0.15, 0.2) is 0 Å². The van der Waals surface area contributed by atoms with Crippen LogP contribution in [-0.2, 0) is 14.8 Å². The number of carbonyl (C=O) groups excluding carboxylic acids is 1. The van der Waals surface area contributed by atoms with Crippen molar-refractivity contribution in [1.29, 1.82) is 0 Å². The van der Waals surface area contributed by atoms with E-state index in [0.29, 0.717) is 11.4 Å². The minimum atomic E-state index is -3.54. The summed E-state index contributed by atoms with van der Waals surface area (Å²) in [5, 5.41) is 6.15. The Labute approximate surface area is 135 Å². The zero-order valence-electron chi connectivity index (χ0n) is 12.9. The van der Waals surface area contributed by atoms with E-state index in [-0.39, 0.29) is 29.3 Å². The first-order chi connectivity index (χ1) is 11.0. The summed E-state index contributed by atoms with van der Waals surface area (Å²) in [5.41, 5.74) is 0.555. The van der Waals surface area contributed by atoms with Crippen molar-refractivity contribution < 1.29 is 13.2 Å². The highest BCUT2D eigenvalue weighted by molar-refractivity contribution is 7.90. The lowest BCUT2D eigenvalue weighted by atomic mass is 10.2. The van der Waals surface area contributed by atoms with E-state index in [0.717, 1.165) is 19.5 Å². The summed E-state index contributed by atoms with van der Waals surface area (Å²) >= 11 is 0. The van der Waals surface area contributed by atoms with E-state index < -0.39 is 10.0 Å². The smallest absolute Gasteiger partial charge is 0.263 e. The van der Waals surface area contributed by atoms with Crippen molar-refractivity contribution in [3.63, 3.8) is 0 Å². The van der Waals surface area contributed by atoms with Crippen LogP contribution in [0, 0.1) is 0 Å². The van der Waals surface area contributed by atoms with Crippen molar-refractivity contribution in [3.8, 4) is 0 Å². The van der Waals surface area contributed by atoms with Gasteiger partial charge < -0.3 is 10.6 Å². The number of aliphatic imine (C=N–C) groups is 1. The van der Waals surface area contributed by atoms with Crippen LogP contribution in [0.15, 0.2) is 34.2 Å². The van der Waals surface area contributed by atoms with Gasteiger partial charge >= 0.3 is 0 Å². The van der Waals surface area contributed by atoms with Gasteiger partial charge in [0, 0.05) is 24.6 Å². The molecule has 0 bridgehead atoms. The molecule has 2 atom stereocenters. The number of sulfonamides is 1. The van der Waals surface area contributed by atoms with Gasteiger partial charge in [0.25, 0.3) is 10.0 Å². The van der Waals surface area contributed by atoms with Crippen LogP contribution in [0.3, 0.4) is 0 Å². The third kappa shape index (κ3) is 3.53. The van der Waals surface area contributed by atoms with Gasteiger partial charge in [-0.15, -0.1) is 0 Å². The summed E-state index contributed by atoms with van der Waals surface area (Å²) in [5.74, 6) is 0.244. The van der Waals surface area contributed by atoms with Crippen LogP contribution >= 0.6 is 0 Å². The van der Waals surface area contributed by atoms with Crippen molar-refractivity contribution in [3.05, 3.63) is 29.8 Å². The molecule has 8 heteroatoms. The minimum Gasteiger partial charge on any atom is -0.352 e. The Morgan fingerprint density at radius 2 is 2.22 bits per heavy atom. The molecule has 1 aromatic carbocycles. The molecule has 2 aliphatic heterocycles. The van der Waals surface area contributed by atoms with Crippen molar-refractivity contribution in [2.75, 3.05) is 13.1 Å². The first-order valence-corrected chi connectivity index (χ1v) is 9.14. The van der Waals surface area contributed by atoms with Gasteiger partial charge in [0.05, 0.1) is 10.9 Å². The highest BCUT2D eigenvalue weighted by Crippen LogP contribution is 2.22. The molecule has 3 rings (SSSR count). The van der Waals surface area contributed by atoms with E-state index >= 15 is 0 Å². The quantitative estimate of drug-likeness (QED) is 0.719. The molecular weight excluding hydrogens is 316 g/mol. The van der Waals surface area contributed by atoms with Crippen LogP contribution in [0.1, 0.15) is 25.3 Å². The molecule has 1 fully saturated rings. The number of hydrogen-bond donors (Lipinski definition) is 3. The molecule has 1 aromatic rings. The molecule has 0 radical (unpaired) electrons. The van der Waals surface area contributed by atoms with Gasteiger partial charge in [-0.05, 0) is 32.0 Å². The van der Waals surface area contributed by atoms with Crippen molar-refractivity contribution in [2.45, 2.75) is 36.7 Å². The number of amidine groups is 1. The second-order valence-electron chi connectivity index (χ2n) is 5.89. The van der Waals surface area contributed by atoms with E-state index in [2.05, 4.69) is 20.3 Å². The van der Waals surface area contributed by atoms with Gasteiger partial charge in [0.1, 0.15) is 5.84 Å². The highest BCUT2D eigenvalue weighted by Gasteiger charge is 2.30. The fraction of sp³-hybridized carbons (Fsp3) is 0.467. The van der Waals surface area contributed by atoms with E-state index in [9.17, 15) is 13.2 Å². The number of amides is 1. The number of nitrogens with zero attached hydrogens (tertiary/aromatic N) is 1. The standard InChI is InChI=1S/C15H20N4O3S/c1-10(8-14(20)18-11-6-7-16-9-11)17-15-12-4-2-3-5-13(12)23(21,22)19-15/h2-5,10-11,16H,6-9H2,1H3,(H,17,19)(H,18,20). The molecule has 1 amide bonds. The molecule has 0 aromatic heterocycles. The largest absolute Gasteiger partial charge is 0.352 e. The topological polar surface area (TPSA) is 99.7 Å². The maximum atomic E-state index is 12.0. The minimum absolute atomic E-state index is 0.0651. The van der Waals surface area contributed by atoms with Gasteiger partial charge in [-0.25, -0.2) is 8.42 Å². The maximum absolute atomic E-state index is 12.0. The normalized spacial score (nSPS) is 24.9. The molecular formula is C15H20N4O3S. The Morgan fingerprint density at radius 1 is 1.43 bits per heavy atom. The summed E-state index contributed by atoms with van der Waals surface area (Å²) in [7, 11) is -3.54. The molecule has 1 saturated heterocycles. The van der Waals surface area contributed by atoms with E-state index in [4.69, 9.17) is 0 Å². The van der Waals surface area contributed by atoms with Crippen LogP contribution in [-0.4, -0.2) is 45.3 Å². The molecule has 0 spiro atoms. The fourth-order valence-corrected chi connectivity index (χ4v) is 4.07. The third-order valence-electron chi connectivity index (χ3n) is 3.92. The molecule has 23 heavy (non-hydrogen) atoms. The van der Waals surface area contributed by atoms with Gasteiger partial charge in [0.2, 0.25) is 5.91 Å². The van der Waals surface area contributed by atoms with Crippen LogP contribution in [0.4, 0.5) is 0 Å². The molecule has 2 unspecified atom stereocenters. The molecule has 7 nitrogen and oxygen atoms in total. The van der Waals surface area contributed by atoms with Crippen LogP contribution in [0.25, 0.3) is 0 Å². The van der Waals surface area contributed by atoms with Crippen LogP contribution in [0.5, 0.6) is 0 Å². The number of carbonyl (C=O) groups is 1. The summed E-state index contributed by atoms with van der Waals surface area (Å²) < 4.78 is 26.5. The summed E-state index contributed by atoms with van der Waals surface area (Å²) in [6, 6.07) is 6.56. The monoisotopic (exact) mass is 336 g/mol. The Bertz CT molecular complexity index is 739. The number of hydrogen-bond acceptors (Lipinski definition) is 5. The van der Waals surface area contributed by atoms with Crippen LogP contribution < -0.4 is 15.4 Å². The number of nitrogens with one attached hydrogen (secondary N) is 3. The maximum Gasteiger partial charge on any atom is 0.263 e. The summed E-state index contributed by atoms with van der Waals surface area (Å²) in [6.07, 6.45) is 1.16. The van der Waals surface area contributed by atoms with Crippen molar-refractivity contribution in [1.82, 2.24) is 15.4 Å². The molecule has 0 aliphatic carbocycles. The average Bonchev–Trinajstić information content (AvgIpc) is 3.06. The highest BCUT2D eigenvalue weighted by atomic mass is 32.2. The summed E-state index contributed by atoms with van der Waals surface area (Å²) in [6.45, 7) is 3.51. The molecule has 0 saturated carbocycles. The van der Waals surface area contributed by atoms with Crippen molar-refractivity contribution in [2.24, 2.45) is 4.99 Å². The Hall–Kier alpha value is -1.93. The first-order valence-electron chi connectivity index (χ1n) is 7.66. The Morgan fingerprint density at radius 3 is 2.96 bits per heavy atom. The lowest BCUT2D eigenvalue weighted by molar-refractivity contribution is -0.121. The lowest BCUT2D eigenvalue weighted by Crippen LogP contribution is -2.37. The average molecular weight is 336 g/mol. The van der Waals surface area contributed by atoms with E-state index in [1.165, 1.54) is 0 Å². The van der Waals surface area contributed by atoms with Gasteiger partial charge in [-0.1, -0.05) is 12.1 Å². The number of fused-ring (bicyclic) bond motifs is 1. The fourth-order valence-electron chi connectivity index (χ4n) is 2.83. The molecule has 2 aliphatic rings. The lowest BCUT2D eigenvalue weighted by Gasteiger charge is -2.13. The predicted octanol–water partition coefficient (Wildman–Crippen LogP) is -0.0182. The predicted molar refractivity (Wildman–Crippen MR) is 86.8 cm³/mol. The van der Waals surface area contributed by atoms with Crippen molar-refractivity contribution >= 4 is 21.8 Å². The number of benzene rings is 1. The van der Waals surface area contributed by atoms with E-state index in [1.807, 2.05) is 0 Å². The van der Waals surface area contributed by atoms with Gasteiger partial charge in [-0.3, -0.25) is 14.5 Å². The molecule has 2 heterocycles. The first kappa shape index (κ1) is 15.9. The Balaban J connectivity index is 1.68. The second-order valence-corrected chi connectivity index (χ2v) is 7.54. The van der Waals surface area contributed by atoms with Gasteiger partial charge in [-0.2, -0.15) is 0 Å². The summed E-state index contributed by atoms with van der Waals surface area (Å²) in [4.78, 5) is 16.6. The zero-order valence-corrected chi connectivity index (χ0v) is 13.7. The molecule has 3 N–H and O–H groups in total.